The summed E-state index contributed by atoms with van der Waals surface area (Å²) in [4.78, 5) is 39.2. The number of amides is 2. The normalized spacial score (nSPS) is 16.2. The zero-order valence-corrected chi connectivity index (χ0v) is 16.8. The Labute approximate surface area is 170 Å². The number of esters is 1. The van der Waals surface area contributed by atoms with E-state index in [1.54, 1.807) is 55.5 Å². The van der Waals surface area contributed by atoms with Crippen molar-refractivity contribution in [2.45, 2.75) is 26.7 Å². The highest BCUT2D eigenvalue weighted by atomic mass is 16.5. The molecule has 2 amide bonds. The number of nitrogens with zero attached hydrogens (tertiary/aromatic N) is 1. The van der Waals surface area contributed by atoms with Crippen molar-refractivity contribution in [1.29, 1.82) is 0 Å². The van der Waals surface area contributed by atoms with Crippen LogP contribution in [0, 0.1) is 5.92 Å². The lowest BCUT2D eigenvalue weighted by Crippen LogP contribution is -2.39. The highest BCUT2D eigenvalue weighted by molar-refractivity contribution is 6.08. The van der Waals surface area contributed by atoms with E-state index in [0.29, 0.717) is 28.3 Å². The van der Waals surface area contributed by atoms with E-state index in [-0.39, 0.29) is 18.4 Å². The molecule has 0 saturated carbocycles. The van der Waals surface area contributed by atoms with Gasteiger partial charge in [0.25, 0.3) is 11.8 Å². The molecule has 1 saturated heterocycles. The van der Waals surface area contributed by atoms with Crippen LogP contribution >= 0.6 is 0 Å². The molecule has 1 heterocycles. The van der Waals surface area contributed by atoms with Gasteiger partial charge in [-0.2, -0.15) is 0 Å². The Kier molecular flexibility index (Phi) is 6.65. The molecule has 0 aliphatic carbocycles. The molecule has 6 nitrogen and oxygen atoms in total. The zero-order chi connectivity index (χ0) is 20.8. The molecule has 1 atom stereocenters. The summed E-state index contributed by atoms with van der Waals surface area (Å²) in [6.45, 7) is 5.68. The molecule has 1 fully saturated rings. The van der Waals surface area contributed by atoms with Gasteiger partial charge in [0, 0.05) is 24.2 Å². The van der Waals surface area contributed by atoms with Crippen LogP contribution in [-0.4, -0.2) is 42.4 Å². The molecule has 0 radical (unpaired) electrons. The van der Waals surface area contributed by atoms with Gasteiger partial charge in [0.05, 0.1) is 17.9 Å². The Balaban J connectivity index is 1.70. The average Bonchev–Trinajstić information content (AvgIpc) is 2.74. The minimum absolute atomic E-state index is 0.00355. The van der Waals surface area contributed by atoms with E-state index in [1.165, 1.54) is 0 Å². The van der Waals surface area contributed by atoms with Crippen molar-refractivity contribution >= 4 is 23.5 Å². The summed E-state index contributed by atoms with van der Waals surface area (Å²) in [6, 6.07) is 13.3. The van der Waals surface area contributed by atoms with Gasteiger partial charge in [0.2, 0.25) is 0 Å². The Bertz CT molecular complexity index is 892. The number of hydrogen-bond acceptors (Lipinski definition) is 4. The van der Waals surface area contributed by atoms with E-state index in [2.05, 4.69) is 12.2 Å². The van der Waals surface area contributed by atoms with Gasteiger partial charge in [-0.25, -0.2) is 4.79 Å². The number of piperidine rings is 1. The number of carbonyl (C=O) groups is 3. The number of ether oxygens (including phenoxy) is 1. The number of benzene rings is 2. The predicted octanol–water partition coefficient (Wildman–Crippen LogP) is 3.99. The van der Waals surface area contributed by atoms with Crippen molar-refractivity contribution in [3.63, 3.8) is 0 Å². The van der Waals surface area contributed by atoms with Crippen LogP contribution in [-0.2, 0) is 4.74 Å². The first kappa shape index (κ1) is 20.6. The van der Waals surface area contributed by atoms with Crippen molar-refractivity contribution in [3.05, 3.63) is 65.2 Å². The number of para-hydroxylation sites is 1. The molecule has 1 aliphatic rings. The number of nitrogens with one attached hydrogen (secondary N) is 1. The maximum Gasteiger partial charge on any atom is 0.340 e. The minimum atomic E-state index is -0.486. The van der Waals surface area contributed by atoms with Crippen molar-refractivity contribution in [1.82, 2.24) is 4.90 Å². The summed E-state index contributed by atoms with van der Waals surface area (Å²) in [5.74, 6) is -0.333. The molecule has 2 aromatic carbocycles. The van der Waals surface area contributed by atoms with Crippen LogP contribution in [0.3, 0.4) is 0 Å². The number of carbonyl (C=O) groups excluding carboxylic acids is 3. The van der Waals surface area contributed by atoms with Crippen molar-refractivity contribution in [3.8, 4) is 0 Å². The molecule has 0 aromatic heterocycles. The topological polar surface area (TPSA) is 75.7 Å². The Morgan fingerprint density at radius 2 is 1.76 bits per heavy atom. The highest BCUT2D eigenvalue weighted by Crippen LogP contribution is 2.20. The fraction of sp³-hybridized carbons (Fsp3) is 0.348. The van der Waals surface area contributed by atoms with Crippen LogP contribution in [0.2, 0.25) is 0 Å². The average molecular weight is 394 g/mol. The fourth-order valence-corrected chi connectivity index (χ4v) is 3.49. The summed E-state index contributed by atoms with van der Waals surface area (Å²) < 4.78 is 5.03. The van der Waals surface area contributed by atoms with Crippen LogP contribution in [0.1, 0.15) is 57.8 Å². The van der Waals surface area contributed by atoms with Crippen LogP contribution in [0.5, 0.6) is 0 Å². The van der Waals surface area contributed by atoms with Gasteiger partial charge >= 0.3 is 5.97 Å². The lowest BCUT2D eigenvalue weighted by molar-refractivity contribution is 0.0527. The molecule has 1 unspecified atom stereocenters. The summed E-state index contributed by atoms with van der Waals surface area (Å²) >= 11 is 0. The van der Waals surface area contributed by atoms with Gasteiger partial charge in [-0.3, -0.25) is 9.59 Å². The first-order valence-electron chi connectivity index (χ1n) is 9.96. The van der Waals surface area contributed by atoms with Crippen LogP contribution < -0.4 is 5.32 Å². The first-order chi connectivity index (χ1) is 14.0. The monoisotopic (exact) mass is 394 g/mol. The third-order valence-electron chi connectivity index (χ3n) is 5.01. The Morgan fingerprint density at radius 1 is 1.07 bits per heavy atom. The van der Waals surface area contributed by atoms with E-state index in [1.807, 2.05) is 4.90 Å². The van der Waals surface area contributed by atoms with E-state index in [0.717, 1.165) is 25.9 Å². The maximum atomic E-state index is 12.7. The summed E-state index contributed by atoms with van der Waals surface area (Å²) in [5.41, 5.74) is 1.67. The molecule has 152 valence electrons. The molecule has 3 rings (SSSR count). The van der Waals surface area contributed by atoms with Gasteiger partial charge in [-0.05, 0) is 62.1 Å². The van der Waals surface area contributed by atoms with Gasteiger partial charge in [0.15, 0.2) is 0 Å². The van der Waals surface area contributed by atoms with Crippen LogP contribution in [0.15, 0.2) is 48.5 Å². The third-order valence-corrected chi connectivity index (χ3v) is 5.01. The van der Waals surface area contributed by atoms with E-state index in [4.69, 9.17) is 4.74 Å². The smallest absolute Gasteiger partial charge is 0.340 e. The largest absolute Gasteiger partial charge is 0.462 e. The van der Waals surface area contributed by atoms with Gasteiger partial charge in [-0.15, -0.1) is 0 Å². The lowest BCUT2D eigenvalue weighted by Gasteiger charge is -2.31. The van der Waals surface area contributed by atoms with Crippen molar-refractivity contribution in [2.75, 3.05) is 25.0 Å². The molecule has 29 heavy (non-hydrogen) atoms. The molecule has 2 aromatic rings. The van der Waals surface area contributed by atoms with Crippen molar-refractivity contribution < 1.29 is 19.1 Å². The number of anilines is 1. The number of rotatable bonds is 5. The van der Waals surface area contributed by atoms with Crippen molar-refractivity contribution in [2.24, 2.45) is 5.92 Å². The van der Waals surface area contributed by atoms with E-state index >= 15 is 0 Å². The zero-order valence-electron chi connectivity index (χ0n) is 16.8. The number of likely N-dealkylation sites (tertiary alicyclic amines) is 1. The third kappa shape index (κ3) is 5.02. The summed E-state index contributed by atoms with van der Waals surface area (Å²) in [6.07, 6.45) is 2.17. The predicted molar refractivity (Wildman–Crippen MR) is 111 cm³/mol. The fourth-order valence-electron chi connectivity index (χ4n) is 3.49. The van der Waals surface area contributed by atoms with Gasteiger partial charge in [0.1, 0.15) is 0 Å². The molecular weight excluding hydrogens is 368 g/mol. The molecule has 0 spiro atoms. The van der Waals surface area contributed by atoms with Crippen LogP contribution in [0.25, 0.3) is 0 Å². The highest BCUT2D eigenvalue weighted by Gasteiger charge is 2.22. The second-order valence-corrected chi connectivity index (χ2v) is 7.30. The van der Waals surface area contributed by atoms with Gasteiger partial charge < -0.3 is 15.0 Å². The standard InChI is InChI=1S/C23H26N2O4/c1-3-29-23(28)19-8-4-5-9-20(19)24-21(26)17-10-12-18(13-11-17)22(27)25-14-6-7-16(2)15-25/h4-5,8-13,16H,3,6-7,14-15H2,1-2H3,(H,24,26). The molecule has 0 bridgehead atoms. The lowest BCUT2D eigenvalue weighted by atomic mass is 9.99. The minimum Gasteiger partial charge on any atom is -0.462 e. The van der Waals surface area contributed by atoms with E-state index < -0.39 is 5.97 Å². The second-order valence-electron chi connectivity index (χ2n) is 7.30. The maximum absolute atomic E-state index is 12.7. The first-order valence-corrected chi connectivity index (χ1v) is 9.96. The summed E-state index contributed by atoms with van der Waals surface area (Å²) in [5, 5.41) is 2.75. The second kappa shape index (κ2) is 9.37. The van der Waals surface area contributed by atoms with Crippen LogP contribution in [0.4, 0.5) is 5.69 Å². The molecule has 6 heteroatoms. The molecular formula is C23H26N2O4. The quantitative estimate of drug-likeness (QED) is 0.778. The van der Waals surface area contributed by atoms with E-state index in [9.17, 15) is 14.4 Å². The Morgan fingerprint density at radius 3 is 2.45 bits per heavy atom. The SMILES string of the molecule is CCOC(=O)c1ccccc1NC(=O)c1ccc(C(=O)N2CCCC(C)C2)cc1. The summed E-state index contributed by atoms with van der Waals surface area (Å²) in [7, 11) is 0. The Hall–Kier alpha value is -3.15. The number of hydrogen-bond donors (Lipinski definition) is 1. The molecule has 1 aliphatic heterocycles. The van der Waals surface area contributed by atoms with Gasteiger partial charge in [-0.1, -0.05) is 19.1 Å². The molecule has 1 N–H and O–H groups in total.